The molecule has 2 amide bonds. The average Bonchev–Trinajstić information content (AvgIpc) is 2.57. The van der Waals surface area contributed by atoms with Gasteiger partial charge in [-0.15, -0.1) is 0 Å². The third-order valence-electron chi connectivity index (χ3n) is 4.83. The molecule has 4 atom stereocenters. The number of nitrogens with zero attached hydrogens (tertiary/aromatic N) is 1. The number of ether oxygens (including phenoxy) is 1. The first-order valence-electron chi connectivity index (χ1n) is 9.37. The number of amides is 2. The lowest BCUT2D eigenvalue weighted by molar-refractivity contribution is -0.279. The van der Waals surface area contributed by atoms with Gasteiger partial charge in [0.05, 0.1) is 30.4 Å². The van der Waals surface area contributed by atoms with E-state index in [9.17, 15) is 14.7 Å². The van der Waals surface area contributed by atoms with Crippen LogP contribution in [0.3, 0.4) is 0 Å². The Morgan fingerprint density at radius 3 is 2.52 bits per heavy atom. The molecule has 0 saturated carbocycles. The van der Waals surface area contributed by atoms with Crippen molar-refractivity contribution in [3.63, 3.8) is 0 Å². The summed E-state index contributed by atoms with van der Waals surface area (Å²) in [6.45, 7) is 10.3. The quantitative estimate of drug-likeness (QED) is 0.345. The molecule has 0 aliphatic carbocycles. The van der Waals surface area contributed by atoms with E-state index in [1.807, 2.05) is 20.8 Å². The summed E-state index contributed by atoms with van der Waals surface area (Å²) in [6.07, 6.45) is 0.778. The van der Waals surface area contributed by atoms with Gasteiger partial charge in [0, 0.05) is 0 Å². The average molecular weight is 389 g/mol. The van der Waals surface area contributed by atoms with Gasteiger partial charge in [0.1, 0.15) is 18.2 Å². The largest absolute Gasteiger partial charge is 0.388 e. The molecule has 1 rings (SSSR count). The number of carbonyl (C=O) groups is 2. The summed E-state index contributed by atoms with van der Waals surface area (Å²) < 4.78 is 5.73. The second kappa shape index (κ2) is 9.29. The van der Waals surface area contributed by atoms with E-state index in [4.69, 9.17) is 15.7 Å². The fourth-order valence-electron chi connectivity index (χ4n) is 2.98. The second-order valence-corrected chi connectivity index (χ2v) is 8.40. The molecule has 1 fully saturated rings. The summed E-state index contributed by atoms with van der Waals surface area (Å²) in [6, 6.07) is -2.47. The highest BCUT2D eigenvalue weighted by molar-refractivity contribution is 5.90. The van der Waals surface area contributed by atoms with E-state index in [2.05, 4.69) is 10.2 Å². The molecule has 1 heterocycles. The number of aliphatic hydroxyl groups is 1. The molecular weight excluding hydrogens is 354 g/mol. The fourth-order valence-corrected chi connectivity index (χ4v) is 2.98. The predicted octanol–water partition coefficient (Wildman–Crippen LogP) is 0.254. The van der Waals surface area contributed by atoms with Crippen LogP contribution in [0, 0.1) is 0 Å². The molecule has 1 unspecified atom stereocenters. The summed E-state index contributed by atoms with van der Waals surface area (Å²) in [5, 5.41) is 21.9. The summed E-state index contributed by atoms with van der Waals surface area (Å²) in [5.74, 6) is -0.929. The van der Waals surface area contributed by atoms with Gasteiger partial charge in [-0.05, 0) is 41.0 Å². The van der Waals surface area contributed by atoms with Gasteiger partial charge in [-0.1, -0.05) is 13.3 Å². The van der Waals surface area contributed by atoms with Crippen LogP contribution in [0.4, 0.5) is 0 Å². The SMILES string of the molecule is CCC[C@H](NC(=O)[C@@H]1COC(C)(C)CN1C(=O)[C@@H](N)C(C)(C)O)C(C)OO. The predicted molar refractivity (Wildman–Crippen MR) is 99.8 cm³/mol. The smallest absolute Gasteiger partial charge is 0.245 e. The van der Waals surface area contributed by atoms with Crippen LogP contribution < -0.4 is 11.1 Å². The minimum absolute atomic E-state index is 0.0103. The number of hydrogen-bond donors (Lipinski definition) is 4. The fraction of sp³-hybridized carbons (Fsp3) is 0.889. The summed E-state index contributed by atoms with van der Waals surface area (Å²) in [4.78, 5) is 31.5. The maximum Gasteiger partial charge on any atom is 0.245 e. The Morgan fingerprint density at radius 2 is 2.04 bits per heavy atom. The van der Waals surface area contributed by atoms with Crippen LogP contribution >= 0.6 is 0 Å². The molecule has 0 bridgehead atoms. The van der Waals surface area contributed by atoms with Crippen molar-refractivity contribution >= 4 is 11.8 Å². The van der Waals surface area contributed by atoms with E-state index in [1.54, 1.807) is 6.92 Å². The Hall–Kier alpha value is -1.26. The Balaban J connectivity index is 3.03. The Bertz CT molecular complexity index is 520. The molecule has 158 valence electrons. The highest BCUT2D eigenvalue weighted by Crippen LogP contribution is 2.23. The molecule has 0 radical (unpaired) electrons. The van der Waals surface area contributed by atoms with Gasteiger partial charge in [0.25, 0.3) is 0 Å². The van der Waals surface area contributed by atoms with E-state index in [0.29, 0.717) is 6.42 Å². The van der Waals surface area contributed by atoms with Gasteiger partial charge in [-0.2, -0.15) is 0 Å². The zero-order chi connectivity index (χ0) is 21.0. The molecule has 1 saturated heterocycles. The number of nitrogens with two attached hydrogens (primary N) is 1. The molecule has 1 aliphatic heterocycles. The molecule has 0 aromatic rings. The number of rotatable bonds is 8. The lowest BCUT2D eigenvalue weighted by Gasteiger charge is -2.45. The topological polar surface area (TPSA) is 134 Å². The van der Waals surface area contributed by atoms with Gasteiger partial charge >= 0.3 is 0 Å². The van der Waals surface area contributed by atoms with Crippen molar-refractivity contribution in [3.05, 3.63) is 0 Å². The van der Waals surface area contributed by atoms with E-state index in [-0.39, 0.29) is 13.2 Å². The molecule has 1 aliphatic rings. The van der Waals surface area contributed by atoms with Crippen LogP contribution in [0.15, 0.2) is 0 Å². The summed E-state index contributed by atoms with van der Waals surface area (Å²) in [5.41, 5.74) is 3.86. The first-order valence-corrected chi connectivity index (χ1v) is 9.37. The van der Waals surface area contributed by atoms with Crippen molar-refractivity contribution in [2.45, 2.75) is 89.8 Å². The third kappa shape index (κ3) is 6.39. The number of nitrogens with one attached hydrogen (secondary N) is 1. The molecule has 0 aromatic carbocycles. The standard InChI is InChI=1S/C18H35N3O6/c1-7-8-12(11(2)27-25)20-15(22)13-9-26-17(3,4)10-21(13)16(23)14(19)18(5,6)24/h11-14,24-25H,7-10,19H2,1-6H3,(H,20,22)/t11?,12-,13-,14+/m0/s1. The summed E-state index contributed by atoms with van der Waals surface area (Å²) in [7, 11) is 0. The van der Waals surface area contributed by atoms with E-state index < -0.39 is 47.2 Å². The van der Waals surface area contributed by atoms with Crippen LogP contribution in [0.25, 0.3) is 0 Å². The number of carbonyl (C=O) groups excluding carboxylic acids is 2. The zero-order valence-corrected chi connectivity index (χ0v) is 17.2. The van der Waals surface area contributed by atoms with Crippen molar-refractivity contribution in [2.24, 2.45) is 5.73 Å². The van der Waals surface area contributed by atoms with Gasteiger partial charge in [0.15, 0.2) is 0 Å². The first kappa shape index (κ1) is 23.8. The molecule has 9 heteroatoms. The second-order valence-electron chi connectivity index (χ2n) is 8.40. The Morgan fingerprint density at radius 1 is 1.44 bits per heavy atom. The molecule has 9 nitrogen and oxygen atoms in total. The Labute approximate surface area is 161 Å². The lowest BCUT2D eigenvalue weighted by Crippen LogP contribution is -2.66. The maximum absolute atomic E-state index is 12.9. The highest BCUT2D eigenvalue weighted by atomic mass is 17.1. The van der Waals surface area contributed by atoms with Crippen molar-refractivity contribution in [3.8, 4) is 0 Å². The number of morpholine rings is 1. The van der Waals surface area contributed by atoms with E-state index in [1.165, 1.54) is 18.7 Å². The van der Waals surface area contributed by atoms with Crippen LogP contribution in [0.2, 0.25) is 0 Å². The van der Waals surface area contributed by atoms with Crippen LogP contribution in [-0.2, 0) is 19.2 Å². The van der Waals surface area contributed by atoms with Crippen LogP contribution in [0.5, 0.6) is 0 Å². The number of hydrogen-bond acceptors (Lipinski definition) is 7. The Kier molecular flexibility index (Phi) is 8.18. The lowest BCUT2D eigenvalue weighted by atomic mass is 9.95. The third-order valence-corrected chi connectivity index (χ3v) is 4.83. The minimum Gasteiger partial charge on any atom is -0.388 e. The highest BCUT2D eigenvalue weighted by Gasteiger charge is 2.44. The van der Waals surface area contributed by atoms with Gasteiger partial charge in [-0.25, -0.2) is 4.89 Å². The maximum atomic E-state index is 12.9. The van der Waals surface area contributed by atoms with Gasteiger partial charge < -0.3 is 25.8 Å². The van der Waals surface area contributed by atoms with E-state index in [0.717, 1.165) is 6.42 Å². The van der Waals surface area contributed by atoms with Gasteiger partial charge in [-0.3, -0.25) is 14.8 Å². The van der Waals surface area contributed by atoms with E-state index >= 15 is 0 Å². The van der Waals surface area contributed by atoms with Crippen LogP contribution in [-0.4, -0.2) is 75.7 Å². The van der Waals surface area contributed by atoms with Gasteiger partial charge in [0.2, 0.25) is 11.8 Å². The van der Waals surface area contributed by atoms with Crippen molar-refractivity contribution in [2.75, 3.05) is 13.2 Å². The first-order chi connectivity index (χ1) is 12.3. The van der Waals surface area contributed by atoms with Crippen molar-refractivity contribution < 1.29 is 29.6 Å². The molecule has 27 heavy (non-hydrogen) atoms. The normalized spacial score (nSPS) is 23.4. The minimum atomic E-state index is -1.43. The van der Waals surface area contributed by atoms with Crippen molar-refractivity contribution in [1.82, 2.24) is 10.2 Å². The molecule has 0 aromatic heterocycles. The van der Waals surface area contributed by atoms with Crippen LogP contribution in [0.1, 0.15) is 54.4 Å². The zero-order valence-electron chi connectivity index (χ0n) is 17.2. The summed E-state index contributed by atoms with van der Waals surface area (Å²) >= 11 is 0. The molecular formula is C18H35N3O6. The molecule has 5 N–H and O–H groups in total. The molecule has 0 spiro atoms. The van der Waals surface area contributed by atoms with Crippen molar-refractivity contribution in [1.29, 1.82) is 0 Å². The monoisotopic (exact) mass is 389 g/mol.